The van der Waals surface area contributed by atoms with E-state index < -0.39 is 5.41 Å². The van der Waals surface area contributed by atoms with Crippen LogP contribution in [0.3, 0.4) is 0 Å². The second-order valence-corrected chi connectivity index (χ2v) is 10.6. The minimum Gasteiger partial charge on any atom is -0.322 e. The van der Waals surface area contributed by atoms with Crippen molar-refractivity contribution in [2.45, 2.75) is 43.8 Å². The molecule has 1 fully saturated rings. The van der Waals surface area contributed by atoms with Gasteiger partial charge in [0.05, 0.1) is 11.0 Å². The van der Waals surface area contributed by atoms with E-state index in [9.17, 15) is 14.4 Å². The second kappa shape index (κ2) is 8.83. The fourth-order valence-corrected chi connectivity index (χ4v) is 7.18. The molecule has 33 heavy (non-hydrogen) atoms. The summed E-state index contributed by atoms with van der Waals surface area (Å²) < 4.78 is 2.01. The van der Waals surface area contributed by atoms with Crippen LogP contribution in [-0.2, 0) is 27.2 Å². The molecule has 2 aliphatic rings. The molecule has 0 aliphatic carbocycles. The number of imide groups is 1. The van der Waals surface area contributed by atoms with E-state index in [-0.39, 0.29) is 17.7 Å². The molecular formula is C25H25N3O3S2. The zero-order valence-electron chi connectivity index (χ0n) is 18.3. The van der Waals surface area contributed by atoms with Crippen molar-refractivity contribution in [1.29, 1.82) is 0 Å². The Bertz CT molecular complexity index is 1210. The molecule has 1 unspecified atom stereocenters. The van der Waals surface area contributed by atoms with Crippen LogP contribution in [0, 0.1) is 0 Å². The summed E-state index contributed by atoms with van der Waals surface area (Å²) in [5, 5.41) is 6.51. The van der Waals surface area contributed by atoms with Crippen molar-refractivity contribution < 1.29 is 14.4 Å². The van der Waals surface area contributed by atoms with Crippen LogP contribution >= 0.6 is 23.1 Å². The Balaban J connectivity index is 1.42. The number of carbonyl (C=O) groups is 3. The largest absolute Gasteiger partial charge is 0.322 e. The van der Waals surface area contributed by atoms with Crippen molar-refractivity contribution in [3.8, 4) is 5.00 Å². The molecule has 1 atom stereocenters. The molecule has 0 saturated carbocycles. The molecular weight excluding hydrogens is 454 g/mol. The molecule has 170 valence electrons. The minimum atomic E-state index is -0.706. The fraction of sp³-hybridized carbons (Fsp3) is 0.320. The molecule has 4 heterocycles. The molecule has 5 rings (SSSR count). The Kier molecular flexibility index (Phi) is 5.88. The second-order valence-electron chi connectivity index (χ2n) is 8.42. The summed E-state index contributed by atoms with van der Waals surface area (Å²) >= 11 is 3.60. The number of nitrogens with zero attached hydrogens (tertiary/aromatic N) is 1. The fourth-order valence-electron chi connectivity index (χ4n) is 4.74. The van der Waals surface area contributed by atoms with E-state index in [0.717, 1.165) is 39.6 Å². The van der Waals surface area contributed by atoms with E-state index in [2.05, 4.69) is 10.6 Å². The SMILES string of the molecule is CCC1(c2ccc(NC(=O)c3c(-n4cccc4)sc4c3CCSC4)cc2)CCC(=O)NC1=O. The lowest BCUT2D eigenvalue weighted by Crippen LogP contribution is -2.51. The van der Waals surface area contributed by atoms with E-state index >= 15 is 0 Å². The van der Waals surface area contributed by atoms with Gasteiger partial charge < -0.3 is 9.88 Å². The molecule has 3 amide bonds. The summed E-state index contributed by atoms with van der Waals surface area (Å²) in [6, 6.07) is 11.4. The summed E-state index contributed by atoms with van der Waals surface area (Å²) in [7, 11) is 0. The van der Waals surface area contributed by atoms with Crippen molar-refractivity contribution in [2.24, 2.45) is 0 Å². The van der Waals surface area contributed by atoms with E-state index in [0.29, 0.717) is 24.9 Å². The topological polar surface area (TPSA) is 80.2 Å². The third-order valence-corrected chi connectivity index (χ3v) is 9.05. The maximum absolute atomic E-state index is 13.4. The summed E-state index contributed by atoms with van der Waals surface area (Å²) in [4.78, 5) is 39.0. The van der Waals surface area contributed by atoms with Crippen LogP contribution in [-0.4, -0.2) is 28.0 Å². The number of piperidine rings is 1. The molecule has 2 aliphatic heterocycles. The maximum atomic E-state index is 13.4. The lowest BCUT2D eigenvalue weighted by atomic mass is 9.72. The van der Waals surface area contributed by atoms with Gasteiger partial charge in [-0.1, -0.05) is 19.1 Å². The quantitative estimate of drug-likeness (QED) is 0.522. The Morgan fingerprint density at radius 1 is 1.15 bits per heavy atom. The van der Waals surface area contributed by atoms with Crippen LogP contribution in [0.5, 0.6) is 0 Å². The summed E-state index contributed by atoms with van der Waals surface area (Å²) in [5.74, 6) is 1.40. The Labute approximate surface area is 200 Å². The lowest BCUT2D eigenvalue weighted by molar-refractivity contribution is -0.138. The van der Waals surface area contributed by atoms with Crippen molar-refractivity contribution in [1.82, 2.24) is 9.88 Å². The van der Waals surface area contributed by atoms with Gasteiger partial charge in [-0.05, 0) is 60.4 Å². The summed E-state index contributed by atoms with van der Waals surface area (Å²) in [6.07, 6.45) is 6.28. The predicted octanol–water partition coefficient (Wildman–Crippen LogP) is 4.66. The highest BCUT2D eigenvalue weighted by Gasteiger charge is 2.42. The van der Waals surface area contributed by atoms with Gasteiger partial charge in [-0.3, -0.25) is 19.7 Å². The van der Waals surface area contributed by atoms with E-state index in [1.165, 1.54) is 4.88 Å². The number of hydrogen-bond donors (Lipinski definition) is 2. The van der Waals surface area contributed by atoms with Crippen LogP contribution in [0.1, 0.15) is 52.5 Å². The number of rotatable bonds is 5. The van der Waals surface area contributed by atoms with Gasteiger partial charge in [-0.25, -0.2) is 0 Å². The molecule has 3 aromatic rings. The zero-order valence-corrected chi connectivity index (χ0v) is 20.0. The molecule has 2 N–H and O–H groups in total. The molecule has 1 aromatic carbocycles. The highest BCUT2D eigenvalue weighted by molar-refractivity contribution is 7.98. The highest BCUT2D eigenvalue weighted by Crippen LogP contribution is 2.39. The molecule has 0 bridgehead atoms. The third-order valence-electron chi connectivity index (χ3n) is 6.63. The van der Waals surface area contributed by atoms with Gasteiger partial charge in [0.15, 0.2) is 0 Å². The van der Waals surface area contributed by atoms with E-state index in [4.69, 9.17) is 0 Å². The number of anilines is 1. The maximum Gasteiger partial charge on any atom is 0.258 e. The van der Waals surface area contributed by atoms with Crippen LogP contribution in [0.15, 0.2) is 48.8 Å². The molecule has 8 heteroatoms. The number of fused-ring (bicyclic) bond motifs is 1. The van der Waals surface area contributed by atoms with Gasteiger partial charge in [-0.2, -0.15) is 11.8 Å². The standard InChI is InChI=1S/C25H25N3O3S2/c1-2-25(11-9-20(29)27-24(25)31)16-5-7-17(8-6-16)26-22(30)21-18-10-14-32-15-19(18)33-23(21)28-12-3-4-13-28/h3-8,12-13H,2,9-11,14-15H2,1H3,(H,26,30)(H,27,29,31). The number of aromatic nitrogens is 1. The summed E-state index contributed by atoms with van der Waals surface area (Å²) in [5.41, 5.74) is 2.76. The van der Waals surface area contributed by atoms with Crippen LogP contribution in [0.4, 0.5) is 5.69 Å². The van der Waals surface area contributed by atoms with Gasteiger partial charge in [0.1, 0.15) is 5.00 Å². The molecule has 2 aromatic heterocycles. The Hall–Kier alpha value is -2.84. The van der Waals surface area contributed by atoms with Crippen molar-refractivity contribution in [3.63, 3.8) is 0 Å². The van der Waals surface area contributed by atoms with Gasteiger partial charge in [0.2, 0.25) is 11.8 Å². The number of nitrogens with one attached hydrogen (secondary N) is 2. The average Bonchev–Trinajstić information content (AvgIpc) is 3.48. The number of thioether (sulfide) groups is 1. The number of benzene rings is 1. The van der Waals surface area contributed by atoms with Crippen LogP contribution in [0.2, 0.25) is 0 Å². The minimum absolute atomic E-state index is 0.109. The first-order valence-electron chi connectivity index (χ1n) is 11.1. The zero-order chi connectivity index (χ0) is 23.0. The van der Waals surface area contributed by atoms with E-state index in [1.807, 2.05) is 72.0 Å². The lowest BCUT2D eigenvalue weighted by Gasteiger charge is -2.35. The average molecular weight is 480 g/mol. The van der Waals surface area contributed by atoms with E-state index in [1.54, 1.807) is 11.3 Å². The van der Waals surface area contributed by atoms with Gasteiger partial charge in [0, 0.05) is 35.1 Å². The summed E-state index contributed by atoms with van der Waals surface area (Å²) in [6.45, 7) is 1.96. The molecule has 6 nitrogen and oxygen atoms in total. The van der Waals surface area contributed by atoms with Gasteiger partial charge >= 0.3 is 0 Å². The van der Waals surface area contributed by atoms with Crippen LogP contribution in [0.25, 0.3) is 5.00 Å². The van der Waals surface area contributed by atoms with Crippen molar-refractivity contribution in [2.75, 3.05) is 11.1 Å². The molecule has 1 saturated heterocycles. The monoisotopic (exact) mass is 479 g/mol. The first-order chi connectivity index (χ1) is 16.0. The van der Waals surface area contributed by atoms with Gasteiger partial charge in [0.25, 0.3) is 5.91 Å². The number of carbonyl (C=O) groups excluding carboxylic acids is 3. The Morgan fingerprint density at radius 3 is 2.61 bits per heavy atom. The number of amides is 3. The predicted molar refractivity (Wildman–Crippen MR) is 132 cm³/mol. The molecule has 0 radical (unpaired) electrons. The number of thiophene rings is 1. The van der Waals surface area contributed by atoms with Crippen molar-refractivity contribution >= 4 is 46.5 Å². The smallest absolute Gasteiger partial charge is 0.258 e. The van der Waals surface area contributed by atoms with Crippen LogP contribution < -0.4 is 10.6 Å². The highest BCUT2D eigenvalue weighted by atomic mass is 32.2. The van der Waals surface area contributed by atoms with Crippen molar-refractivity contribution in [3.05, 3.63) is 70.4 Å². The van der Waals surface area contributed by atoms with Gasteiger partial charge in [-0.15, -0.1) is 11.3 Å². The third kappa shape index (κ3) is 3.91. The number of hydrogen-bond acceptors (Lipinski definition) is 5. The first-order valence-corrected chi connectivity index (χ1v) is 13.1. The Morgan fingerprint density at radius 2 is 1.91 bits per heavy atom. The first kappa shape index (κ1) is 22.0. The molecule has 0 spiro atoms. The normalized spacial score (nSPS) is 20.3.